The monoisotopic (exact) mass is 342 g/mol. The van der Waals surface area contributed by atoms with E-state index in [2.05, 4.69) is 0 Å². The third kappa shape index (κ3) is 2.86. The predicted octanol–water partition coefficient (Wildman–Crippen LogP) is 3.54. The van der Waals surface area contributed by atoms with Gasteiger partial charge in [0.25, 0.3) is 16.8 Å². The Morgan fingerprint density at radius 3 is 2.42 bits per heavy atom. The van der Waals surface area contributed by atoms with Crippen molar-refractivity contribution in [2.75, 3.05) is 4.90 Å². The van der Waals surface area contributed by atoms with Crippen LogP contribution in [0.1, 0.15) is 5.56 Å². The standard InChI is InChI=1S/C16H10N2O5S/c19-12-7-5-11(6-8-12)17-15(20)14(24-16(17)21)9-10-3-1-2-4-13(10)18(22)23/h1-9,19H/b14-9-. The number of aromatic hydroxyl groups is 1. The zero-order chi connectivity index (χ0) is 17.3. The molecule has 0 bridgehead atoms. The molecule has 1 fully saturated rings. The van der Waals surface area contributed by atoms with E-state index >= 15 is 0 Å². The summed E-state index contributed by atoms with van der Waals surface area (Å²) in [5, 5.41) is 19.8. The second-order valence-electron chi connectivity index (χ2n) is 4.85. The summed E-state index contributed by atoms with van der Waals surface area (Å²) in [4.78, 5) is 36.2. The van der Waals surface area contributed by atoms with Crippen molar-refractivity contribution >= 4 is 40.4 Å². The van der Waals surface area contributed by atoms with E-state index in [0.29, 0.717) is 17.4 Å². The molecule has 1 saturated heterocycles. The largest absolute Gasteiger partial charge is 0.508 e. The van der Waals surface area contributed by atoms with Crippen LogP contribution in [0, 0.1) is 10.1 Å². The number of para-hydroxylation sites is 1. The topological polar surface area (TPSA) is 101 Å². The van der Waals surface area contributed by atoms with Gasteiger partial charge in [0.1, 0.15) is 5.75 Å². The molecule has 0 unspecified atom stereocenters. The molecule has 8 heteroatoms. The third-order valence-electron chi connectivity index (χ3n) is 3.32. The Hall–Kier alpha value is -3.13. The van der Waals surface area contributed by atoms with E-state index in [0.717, 1.165) is 4.90 Å². The van der Waals surface area contributed by atoms with Crippen LogP contribution in [0.4, 0.5) is 16.2 Å². The Morgan fingerprint density at radius 2 is 1.75 bits per heavy atom. The lowest BCUT2D eigenvalue weighted by atomic mass is 10.1. The van der Waals surface area contributed by atoms with Crippen molar-refractivity contribution in [1.29, 1.82) is 0 Å². The lowest BCUT2D eigenvalue weighted by Gasteiger charge is -2.12. The average Bonchev–Trinajstić information content (AvgIpc) is 2.83. The zero-order valence-corrected chi connectivity index (χ0v) is 12.9. The first kappa shape index (κ1) is 15.8. The lowest BCUT2D eigenvalue weighted by molar-refractivity contribution is -0.385. The molecule has 1 N–H and O–H groups in total. The molecule has 24 heavy (non-hydrogen) atoms. The van der Waals surface area contributed by atoms with Crippen LogP contribution in [0.5, 0.6) is 5.75 Å². The molecule has 2 aromatic rings. The number of benzene rings is 2. The van der Waals surface area contributed by atoms with Crippen LogP contribution in [0.2, 0.25) is 0 Å². The van der Waals surface area contributed by atoms with E-state index in [1.165, 1.54) is 48.5 Å². The Kier molecular flexibility index (Phi) is 4.05. The van der Waals surface area contributed by atoms with E-state index in [1.54, 1.807) is 6.07 Å². The van der Waals surface area contributed by atoms with Gasteiger partial charge in [-0.3, -0.25) is 19.7 Å². The second kappa shape index (κ2) is 6.17. The SMILES string of the molecule is O=C1S/C(=C\c2ccccc2[N+](=O)[O-])C(=O)N1c1ccc(O)cc1. The summed E-state index contributed by atoms with van der Waals surface area (Å²) in [7, 11) is 0. The number of rotatable bonds is 3. The Morgan fingerprint density at radius 1 is 1.08 bits per heavy atom. The van der Waals surface area contributed by atoms with Crippen molar-refractivity contribution in [3.05, 3.63) is 69.1 Å². The van der Waals surface area contributed by atoms with Crippen LogP contribution >= 0.6 is 11.8 Å². The van der Waals surface area contributed by atoms with Crippen LogP contribution in [0.15, 0.2) is 53.4 Å². The summed E-state index contributed by atoms with van der Waals surface area (Å²) in [5.41, 5.74) is 0.425. The van der Waals surface area contributed by atoms with Gasteiger partial charge in [-0.05, 0) is 48.2 Å². The number of carbonyl (C=O) groups excluding carboxylic acids is 2. The van der Waals surface area contributed by atoms with Crippen LogP contribution < -0.4 is 4.90 Å². The Balaban J connectivity index is 1.97. The second-order valence-corrected chi connectivity index (χ2v) is 5.84. The number of carbonyl (C=O) groups is 2. The van der Waals surface area contributed by atoms with Gasteiger partial charge in [0.15, 0.2) is 0 Å². The summed E-state index contributed by atoms with van der Waals surface area (Å²) in [6, 6.07) is 11.6. The summed E-state index contributed by atoms with van der Waals surface area (Å²) in [6.07, 6.45) is 1.34. The number of hydrogen-bond acceptors (Lipinski definition) is 6. The summed E-state index contributed by atoms with van der Waals surface area (Å²) in [5.74, 6) is -0.546. The molecule has 0 aliphatic carbocycles. The first-order valence-corrected chi connectivity index (χ1v) is 7.59. The van der Waals surface area contributed by atoms with Crippen molar-refractivity contribution in [2.24, 2.45) is 0 Å². The maximum Gasteiger partial charge on any atom is 0.298 e. The van der Waals surface area contributed by atoms with Crippen LogP contribution in [-0.4, -0.2) is 21.2 Å². The molecule has 0 spiro atoms. The fourth-order valence-electron chi connectivity index (χ4n) is 2.21. The van der Waals surface area contributed by atoms with E-state index in [1.807, 2.05) is 0 Å². The normalized spacial score (nSPS) is 16.0. The van der Waals surface area contributed by atoms with Gasteiger partial charge in [-0.1, -0.05) is 12.1 Å². The highest BCUT2D eigenvalue weighted by molar-refractivity contribution is 8.19. The van der Waals surface area contributed by atoms with Crippen molar-refractivity contribution in [3.8, 4) is 5.75 Å². The first-order chi connectivity index (χ1) is 11.5. The van der Waals surface area contributed by atoms with Gasteiger partial charge >= 0.3 is 0 Å². The molecule has 0 saturated carbocycles. The number of thioether (sulfide) groups is 1. The number of anilines is 1. The van der Waals surface area contributed by atoms with Gasteiger partial charge in [-0.25, -0.2) is 4.90 Å². The third-order valence-corrected chi connectivity index (χ3v) is 4.19. The molecule has 2 amide bonds. The van der Waals surface area contributed by atoms with Gasteiger partial charge in [0, 0.05) is 6.07 Å². The maximum atomic E-state index is 12.5. The molecular weight excluding hydrogens is 332 g/mol. The van der Waals surface area contributed by atoms with Gasteiger partial charge in [-0.15, -0.1) is 0 Å². The zero-order valence-electron chi connectivity index (χ0n) is 12.1. The highest BCUT2D eigenvalue weighted by Gasteiger charge is 2.36. The molecule has 1 aliphatic heterocycles. The number of hydrogen-bond donors (Lipinski definition) is 1. The van der Waals surface area contributed by atoms with E-state index < -0.39 is 16.1 Å². The van der Waals surface area contributed by atoms with Gasteiger partial charge < -0.3 is 5.11 Å². The molecule has 120 valence electrons. The van der Waals surface area contributed by atoms with Crippen molar-refractivity contribution < 1.29 is 19.6 Å². The number of imide groups is 1. The minimum absolute atomic E-state index is 0.0150. The summed E-state index contributed by atoms with van der Waals surface area (Å²) < 4.78 is 0. The molecule has 2 aromatic carbocycles. The number of phenolic OH excluding ortho intramolecular Hbond substituents is 1. The number of amides is 2. The summed E-state index contributed by atoms with van der Waals surface area (Å²) >= 11 is 0.710. The number of phenols is 1. The molecule has 1 aliphatic rings. The maximum absolute atomic E-state index is 12.5. The quantitative estimate of drug-likeness (QED) is 0.520. The smallest absolute Gasteiger partial charge is 0.298 e. The highest BCUT2D eigenvalue weighted by atomic mass is 32.2. The van der Waals surface area contributed by atoms with Crippen LogP contribution in [-0.2, 0) is 4.79 Å². The fraction of sp³-hybridized carbons (Fsp3) is 0. The minimum Gasteiger partial charge on any atom is -0.508 e. The molecule has 0 aromatic heterocycles. The lowest BCUT2D eigenvalue weighted by Crippen LogP contribution is -2.27. The van der Waals surface area contributed by atoms with Crippen LogP contribution in [0.3, 0.4) is 0 Å². The predicted molar refractivity (Wildman–Crippen MR) is 89.7 cm³/mol. The molecule has 3 rings (SSSR count). The number of nitro groups is 1. The van der Waals surface area contributed by atoms with Gasteiger partial charge in [-0.2, -0.15) is 0 Å². The Labute approximate surface area is 140 Å². The minimum atomic E-state index is -0.561. The van der Waals surface area contributed by atoms with Crippen molar-refractivity contribution in [2.45, 2.75) is 0 Å². The van der Waals surface area contributed by atoms with E-state index in [-0.39, 0.29) is 21.9 Å². The van der Waals surface area contributed by atoms with E-state index in [4.69, 9.17) is 0 Å². The highest BCUT2D eigenvalue weighted by Crippen LogP contribution is 2.37. The molecule has 1 heterocycles. The number of nitro benzene ring substituents is 1. The molecule has 0 atom stereocenters. The van der Waals surface area contributed by atoms with Crippen molar-refractivity contribution in [1.82, 2.24) is 0 Å². The molecule has 7 nitrogen and oxygen atoms in total. The molecular formula is C16H10N2O5S. The van der Waals surface area contributed by atoms with Crippen molar-refractivity contribution in [3.63, 3.8) is 0 Å². The Bertz CT molecular complexity index is 876. The fourth-order valence-corrected chi connectivity index (χ4v) is 3.04. The molecule has 0 radical (unpaired) electrons. The van der Waals surface area contributed by atoms with Gasteiger partial charge in [0.05, 0.1) is 21.1 Å². The summed E-state index contributed by atoms with van der Waals surface area (Å²) in [6.45, 7) is 0. The van der Waals surface area contributed by atoms with Crippen LogP contribution in [0.25, 0.3) is 6.08 Å². The average molecular weight is 342 g/mol. The first-order valence-electron chi connectivity index (χ1n) is 6.78. The number of nitrogens with zero attached hydrogens (tertiary/aromatic N) is 2. The van der Waals surface area contributed by atoms with E-state index in [9.17, 15) is 24.8 Å². The van der Waals surface area contributed by atoms with Gasteiger partial charge in [0.2, 0.25) is 0 Å².